The van der Waals surface area contributed by atoms with E-state index in [-0.39, 0.29) is 41.9 Å². The highest BCUT2D eigenvalue weighted by Crippen LogP contribution is 2.49. The summed E-state index contributed by atoms with van der Waals surface area (Å²) < 4.78 is 5.04. The highest BCUT2D eigenvalue weighted by Gasteiger charge is 2.53. The third-order valence-corrected chi connectivity index (χ3v) is 12.0. The van der Waals surface area contributed by atoms with Crippen LogP contribution in [0.2, 0.25) is 0 Å². The van der Waals surface area contributed by atoms with Gasteiger partial charge in [0.05, 0.1) is 18.9 Å². The van der Waals surface area contributed by atoms with Gasteiger partial charge in [0.15, 0.2) is 0 Å². The minimum absolute atomic E-state index is 0.121. The zero-order chi connectivity index (χ0) is 30.9. The van der Waals surface area contributed by atoms with E-state index in [4.69, 9.17) is 4.74 Å². The van der Waals surface area contributed by atoms with E-state index in [1.165, 1.54) is 35.2 Å². The zero-order valence-electron chi connectivity index (χ0n) is 26.6. The summed E-state index contributed by atoms with van der Waals surface area (Å²) in [6, 6.07) is 3.06. The van der Waals surface area contributed by atoms with Crippen LogP contribution in [0.5, 0.6) is 0 Å². The van der Waals surface area contributed by atoms with Gasteiger partial charge in [0.1, 0.15) is 0 Å². The van der Waals surface area contributed by atoms with E-state index in [0.717, 1.165) is 29.9 Å². The number of aromatic amines is 2. The number of H-pyrrole nitrogens is 2. The summed E-state index contributed by atoms with van der Waals surface area (Å²) in [7, 11) is 1.46. The third-order valence-electron chi connectivity index (χ3n) is 12.0. The number of carbonyl (C=O) groups is 1. The lowest BCUT2D eigenvalue weighted by Crippen LogP contribution is -2.41. The van der Waals surface area contributed by atoms with E-state index in [1.807, 2.05) is 12.3 Å². The molecule has 236 valence electrons. The Morgan fingerprint density at radius 1 is 1.16 bits per heavy atom. The van der Waals surface area contributed by atoms with Crippen LogP contribution in [-0.2, 0) is 16.0 Å². The number of methoxy groups -OCH3 is 1. The van der Waals surface area contributed by atoms with E-state index in [2.05, 4.69) is 77.6 Å². The molecule has 0 amide bonds. The standard InChI is InChI=1S/C35H48N6O3/c1-7-20-16(2)24-15-29-32(23-10-11-36-41-23)18(4)26(38-29)13-25-17(3)21(8-9-31(43)44-6)34(39-25)22-12-30(42)33-19(5)27(40-35(22)33)14-28(20)37-24/h7,10-11,13,16-17,19-21,24,27-28,30,33,35,37-40,42H,1,8-9,12,14-15H2,2-6H3,(H,36,41). The van der Waals surface area contributed by atoms with Gasteiger partial charge in [0, 0.05) is 89.3 Å². The molecule has 0 spiro atoms. The summed E-state index contributed by atoms with van der Waals surface area (Å²) in [4.78, 5) is 16.1. The largest absolute Gasteiger partial charge is 0.469 e. The molecule has 2 aromatic heterocycles. The summed E-state index contributed by atoms with van der Waals surface area (Å²) in [6.45, 7) is 13.4. The number of rotatable bonds is 5. The topological polar surface area (TPSA) is 127 Å². The van der Waals surface area contributed by atoms with Crippen LogP contribution in [0, 0.1) is 42.4 Å². The summed E-state index contributed by atoms with van der Waals surface area (Å²) in [5.74, 6) is 1.44. The number of nitrogens with one attached hydrogen (secondary N) is 5. The van der Waals surface area contributed by atoms with Crippen LogP contribution in [0.15, 0.2) is 41.9 Å². The molecule has 1 saturated carbocycles. The van der Waals surface area contributed by atoms with Crippen LogP contribution in [0.3, 0.4) is 0 Å². The molecule has 0 aromatic carbocycles. The Morgan fingerprint density at radius 2 is 1.98 bits per heavy atom. The van der Waals surface area contributed by atoms with E-state index >= 15 is 0 Å². The molecular weight excluding hydrogens is 552 g/mol. The van der Waals surface area contributed by atoms with Crippen LogP contribution in [0.25, 0.3) is 17.3 Å². The van der Waals surface area contributed by atoms with E-state index in [0.29, 0.717) is 49.1 Å². The second-order valence-corrected chi connectivity index (χ2v) is 14.1. The average Bonchev–Trinajstić information content (AvgIpc) is 3.84. The molecule has 3 saturated heterocycles. The second kappa shape index (κ2) is 11.3. The number of carbonyl (C=O) groups excluding carboxylic acids is 1. The van der Waals surface area contributed by atoms with E-state index in [9.17, 15) is 9.90 Å². The molecule has 6 heterocycles. The quantitative estimate of drug-likeness (QED) is 0.224. The van der Waals surface area contributed by atoms with Gasteiger partial charge in [0.25, 0.3) is 0 Å². The lowest BCUT2D eigenvalue weighted by molar-refractivity contribution is -0.140. The van der Waals surface area contributed by atoms with Gasteiger partial charge in [-0.15, -0.1) is 6.58 Å². The van der Waals surface area contributed by atoms with Crippen molar-refractivity contribution < 1.29 is 14.6 Å². The predicted octanol–water partition coefficient (Wildman–Crippen LogP) is 4.20. The maximum absolute atomic E-state index is 12.3. The first kappa shape index (κ1) is 29.6. The van der Waals surface area contributed by atoms with Crippen molar-refractivity contribution in [3.63, 3.8) is 0 Å². The molecule has 11 unspecified atom stereocenters. The van der Waals surface area contributed by atoms with Crippen molar-refractivity contribution in [2.75, 3.05) is 7.11 Å². The summed E-state index contributed by atoms with van der Waals surface area (Å²) >= 11 is 0. The molecule has 4 fully saturated rings. The fourth-order valence-corrected chi connectivity index (χ4v) is 9.51. The summed E-state index contributed by atoms with van der Waals surface area (Å²) in [6.07, 6.45) is 9.44. The number of aliphatic hydroxyl groups is 1. The Kier molecular flexibility index (Phi) is 7.62. The molecule has 1 aliphatic carbocycles. The second-order valence-electron chi connectivity index (χ2n) is 14.1. The van der Waals surface area contributed by atoms with Gasteiger partial charge in [-0.3, -0.25) is 9.89 Å². The van der Waals surface area contributed by atoms with Gasteiger partial charge in [-0.1, -0.05) is 26.8 Å². The van der Waals surface area contributed by atoms with Crippen molar-refractivity contribution in [1.82, 2.24) is 31.1 Å². The minimum Gasteiger partial charge on any atom is -0.469 e. The molecule has 0 radical (unpaired) electrons. The van der Waals surface area contributed by atoms with E-state index in [1.54, 1.807) is 0 Å². The van der Waals surface area contributed by atoms with Gasteiger partial charge in [0.2, 0.25) is 0 Å². The SMILES string of the molecule is C=CC1C2CC3NC4C(=C5NC(=Cc6[nH]c(c(-c7ccn[nH]7)c6C)CC(N2)C1C)C(C)C5CCC(=O)OC)CC(O)C4C3C. The maximum Gasteiger partial charge on any atom is 0.305 e. The Morgan fingerprint density at radius 3 is 2.70 bits per heavy atom. The molecule has 2 aromatic rings. The number of fused-ring (bicyclic) bond motifs is 7. The fourth-order valence-electron chi connectivity index (χ4n) is 9.51. The number of nitrogens with zero attached hydrogens (tertiary/aromatic N) is 1. The number of ether oxygens (including phenoxy) is 1. The molecule has 11 atom stereocenters. The lowest BCUT2D eigenvalue weighted by atomic mass is 9.81. The Balaban J connectivity index is 1.37. The van der Waals surface area contributed by atoms with Crippen LogP contribution in [0.1, 0.15) is 63.4 Å². The highest BCUT2D eigenvalue weighted by atomic mass is 16.5. The Bertz CT molecular complexity index is 1490. The summed E-state index contributed by atoms with van der Waals surface area (Å²) in [5, 5.41) is 30.9. The molecule has 4 aliphatic heterocycles. The van der Waals surface area contributed by atoms with Gasteiger partial charge < -0.3 is 30.8 Å². The molecule has 7 rings (SSSR count). The normalized spacial score (nSPS) is 37.7. The van der Waals surface area contributed by atoms with Gasteiger partial charge in [-0.05, 0) is 67.2 Å². The zero-order valence-corrected chi connectivity index (χ0v) is 26.6. The molecule has 5 aliphatic rings. The van der Waals surface area contributed by atoms with Crippen LogP contribution in [0.4, 0.5) is 0 Å². The maximum atomic E-state index is 12.3. The van der Waals surface area contributed by atoms with Crippen molar-refractivity contribution in [1.29, 1.82) is 0 Å². The minimum atomic E-state index is -0.385. The van der Waals surface area contributed by atoms with Crippen LogP contribution in [-0.4, -0.2) is 63.6 Å². The monoisotopic (exact) mass is 600 g/mol. The van der Waals surface area contributed by atoms with Crippen molar-refractivity contribution in [2.45, 2.75) is 90.1 Å². The first-order valence-corrected chi connectivity index (χ1v) is 16.5. The van der Waals surface area contributed by atoms with E-state index < -0.39 is 0 Å². The number of hydrogen-bond donors (Lipinski definition) is 6. The molecule has 9 nitrogen and oxygen atoms in total. The molecular formula is C35H48N6O3. The molecule has 9 heteroatoms. The van der Waals surface area contributed by atoms with Crippen molar-refractivity contribution in [2.24, 2.45) is 35.5 Å². The number of aromatic nitrogens is 3. The first-order chi connectivity index (χ1) is 21.2. The van der Waals surface area contributed by atoms with Crippen molar-refractivity contribution in [3.05, 3.63) is 58.8 Å². The third kappa shape index (κ3) is 4.70. The van der Waals surface area contributed by atoms with Crippen LogP contribution < -0.4 is 16.0 Å². The Hall–Kier alpha value is -3.14. The number of esters is 1. The smallest absolute Gasteiger partial charge is 0.305 e. The lowest BCUT2D eigenvalue weighted by Gasteiger charge is -2.27. The first-order valence-electron chi connectivity index (χ1n) is 16.5. The predicted molar refractivity (Wildman–Crippen MR) is 171 cm³/mol. The number of allylic oxidation sites excluding steroid dienone is 2. The van der Waals surface area contributed by atoms with Crippen molar-refractivity contribution >= 4 is 12.0 Å². The molecule has 44 heavy (non-hydrogen) atoms. The number of aliphatic hydroxyl groups excluding tert-OH is 1. The van der Waals surface area contributed by atoms with Crippen molar-refractivity contribution in [3.8, 4) is 11.3 Å². The molecule has 6 N–H and O–H groups in total. The fraction of sp³-hybridized carbons (Fsp3) is 0.600. The Labute approximate surface area is 260 Å². The molecule has 8 bridgehead atoms. The van der Waals surface area contributed by atoms with Gasteiger partial charge in [-0.25, -0.2) is 0 Å². The van der Waals surface area contributed by atoms with Crippen LogP contribution >= 0.6 is 0 Å². The average molecular weight is 601 g/mol. The number of hydrogen-bond acceptors (Lipinski definition) is 7. The summed E-state index contributed by atoms with van der Waals surface area (Å²) in [5.41, 5.74) is 9.29. The van der Waals surface area contributed by atoms with Gasteiger partial charge >= 0.3 is 5.97 Å². The highest BCUT2D eigenvalue weighted by molar-refractivity contribution is 5.73. The van der Waals surface area contributed by atoms with Gasteiger partial charge in [-0.2, -0.15) is 5.10 Å².